The van der Waals surface area contributed by atoms with E-state index in [1.54, 1.807) is 20.8 Å². The Balaban J connectivity index is 4.47. The lowest BCUT2D eigenvalue weighted by molar-refractivity contribution is -0.148. The van der Waals surface area contributed by atoms with Crippen LogP contribution in [-0.4, -0.2) is 78.5 Å². The van der Waals surface area contributed by atoms with Crippen LogP contribution in [0.4, 0.5) is 4.79 Å². The van der Waals surface area contributed by atoms with Crippen molar-refractivity contribution in [3.8, 4) is 0 Å². The topological polar surface area (TPSA) is 139 Å². The first kappa shape index (κ1) is 23.5. The van der Waals surface area contributed by atoms with Crippen LogP contribution in [0.25, 0.3) is 0 Å². The summed E-state index contributed by atoms with van der Waals surface area (Å²) >= 11 is 0. The van der Waals surface area contributed by atoms with Gasteiger partial charge in [-0.1, -0.05) is 0 Å². The van der Waals surface area contributed by atoms with E-state index in [2.05, 4.69) is 10.1 Å². The molecule has 0 aromatic carbocycles. The van der Waals surface area contributed by atoms with Gasteiger partial charge in [0.05, 0.1) is 20.2 Å². The average Bonchev–Trinajstić information content (AvgIpc) is 2.55. The fourth-order valence-electron chi connectivity index (χ4n) is 1.69. The minimum Gasteiger partial charge on any atom is -0.468 e. The Hall–Kier alpha value is -2.49. The first-order valence-electron chi connectivity index (χ1n) is 7.94. The van der Waals surface area contributed by atoms with Crippen LogP contribution in [0.5, 0.6) is 0 Å². The lowest BCUT2D eigenvalue weighted by Crippen LogP contribution is -2.41. The van der Waals surface area contributed by atoms with Crippen LogP contribution in [0.2, 0.25) is 0 Å². The number of amides is 2. The van der Waals surface area contributed by atoms with E-state index in [0.29, 0.717) is 0 Å². The van der Waals surface area contributed by atoms with Gasteiger partial charge in [-0.05, 0) is 20.8 Å². The molecule has 10 nitrogen and oxygen atoms in total. The number of aliphatic hydroxyl groups excluding tert-OH is 1. The minimum atomic E-state index is -0.774. The molecular weight excluding hydrogens is 348 g/mol. The molecule has 0 fully saturated rings. The standard InChI is InChI=1S/C16H26N2O8/c1-16(2,3)26-15(24)17-7-11(20)5-6-13(22)18(8-12(21)10-19)9-14(23)25-4/h19H,5-10H2,1-4H3,(H,17,24). The molecule has 0 heterocycles. The quantitative estimate of drug-likeness (QED) is 0.484. The lowest BCUT2D eigenvalue weighted by atomic mass is 10.2. The molecule has 148 valence electrons. The first-order valence-corrected chi connectivity index (χ1v) is 7.94. The smallest absolute Gasteiger partial charge is 0.408 e. The van der Waals surface area contributed by atoms with Crippen LogP contribution in [0.1, 0.15) is 33.6 Å². The Morgan fingerprint density at radius 2 is 1.62 bits per heavy atom. The zero-order valence-electron chi connectivity index (χ0n) is 15.5. The summed E-state index contributed by atoms with van der Waals surface area (Å²) in [5, 5.41) is 11.0. The maximum Gasteiger partial charge on any atom is 0.408 e. The number of esters is 1. The average molecular weight is 374 g/mol. The van der Waals surface area contributed by atoms with Crippen LogP contribution < -0.4 is 5.32 Å². The molecule has 0 atom stereocenters. The molecule has 0 saturated heterocycles. The fraction of sp³-hybridized carbons (Fsp3) is 0.688. The number of hydrogen-bond acceptors (Lipinski definition) is 8. The Morgan fingerprint density at radius 1 is 1.00 bits per heavy atom. The fourth-order valence-corrected chi connectivity index (χ4v) is 1.69. The Labute approximate surface area is 151 Å². The monoisotopic (exact) mass is 374 g/mol. The molecule has 26 heavy (non-hydrogen) atoms. The molecule has 0 rings (SSSR count). The van der Waals surface area contributed by atoms with E-state index >= 15 is 0 Å². The number of carbonyl (C=O) groups is 5. The molecule has 0 spiro atoms. The maximum absolute atomic E-state index is 12.1. The lowest BCUT2D eigenvalue weighted by Gasteiger charge is -2.20. The SMILES string of the molecule is COC(=O)CN(CC(=O)CO)C(=O)CCC(=O)CNC(=O)OC(C)(C)C. The molecule has 0 saturated carbocycles. The van der Waals surface area contributed by atoms with E-state index in [0.717, 1.165) is 12.0 Å². The second kappa shape index (κ2) is 11.2. The maximum atomic E-state index is 12.1. The van der Waals surface area contributed by atoms with Gasteiger partial charge >= 0.3 is 12.1 Å². The van der Waals surface area contributed by atoms with Crippen molar-refractivity contribution in [1.82, 2.24) is 10.2 Å². The first-order chi connectivity index (χ1) is 12.0. The van der Waals surface area contributed by atoms with Crippen molar-refractivity contribution >= 4 is 29.5 Å². The van der Waals surface area contributed by atoms with Gasteiger partial charge < -0.3 is 24.8 Å². The van der Waals surface area contributed by atoms with Gasteiger partial charge in [0, 0.05) is 12.8 Å². The van der Waals surface area contributed by atoms with E-state index in [1.807, 2.05) is 0 Å². The second-order valence-corrected chi connectivity index (χ2v) is 6.42. The number of Topliss-reactive ketones (excluding diaryl/α,β-unsaturated/α-hetero) is 2. The Kier molecular flexibility index (Phi) is 10.1. The number of methoxy groups -OCH3 is 1. The molecule has 2 N–H and O–H groups in total. The molecule has 0 aliphatic carbocycles. The van der Waals surface area contributed by atoms with Gasteiger partial charge in [-0.25, -0.2) is 4.79 Å². The molecule has 0 bridgehead atoms. The highest BCUT2D eigenvalue weighted by Crippen LogP contribution is 2.06. The number of carbonyl (C=O) groups excluding carboxylic acids is 5. The van der Waals surface area contributed by atoms with Crippen LogP contribution in [0.3, 0.4) is 0 Å². The zero-order valence-corrected chi connectivity index (χ0v) is 15.5. The zero-order chi connectivity index (χ0) is 20.3. The van der Waals surface area contributed by atoms with Crippen LogP contribution in [0, 0.1) is 0 Å². The van der Waals surface area contributed by atoms with Crippen LogP contribution >= 0.6 is 0 Å². The van der Waals surface area contributed by atoms with Crippen LogP contribution in [0.15, 0.2) is 0 Å². The summed E-state index contributed by atoms with van der Waals surface area (Å²) in [4.78, 5) is 58.8. The highest BCUT2D eigenvalue weighted by molar-refractivity contribution is 5.91. The second-order valence-electron chi connectivity index (χ2n) is 6.42. The third kappa shape index (κ3) is 11.1. The largest absolute Gasteiger partial charge is 0.468 e. The Bertz CT molecular complexity index is 521. The van der Waals surface area contributed by atoms with Crippen molar-refractivity contribution in [3.05, 3.63) is 0 Å². The molecule has 0 unspecified atom stereocenters. The summed E-state index contributed by atoms with van der Waals surface area (Å²) in [7, 11) is 1.13. The van der Waals surface area contributed by atoms with Gasteiger partial charge in [-0.15, -0.1) is 0 Å². The van der Waals surface area contributed by atoms with E-state index in [4.69, 9.17) is 9.84 Å². The normalized spacial score (nSPS) is 10.7. The van der Waals surface area contributed by atoms with Gasteiger partial charge in [0.25, 0.3) is 0 Å². The minimum absolute atomic E-state index is 0.195. The number of nitrogens with zero attached hydrogens (tertiary/aromatic N) is 1. The summed E-state index contributed by atoms with van der Waals surface area (Å²) in [6.07, 6.45) is -1.21. The number of rotatable bonds is 10. The summed E-state index contributed by atoms with van der Waals surface area (Å²) < 4.78 is 9.42. The molecule has 0 radical (unpaired) electrons. The number of nitrogens with one attached hydrogen (secondary N) is 1. The van der Waals surface area contributed by atoms with Crippen molar-refractivity contribution in [2.45, 2.75) is 39.2 Å². The summed E-state index contributed by atoms with van der Waals surface area (Å²) in [6, 6.07) is 0. The van der Waals surface area contributed by atoms with Crippen molar-refractivity contribution < 1.29 is 38.6 Å². The highest BCUT2D eigenvalue weighted by Gasteiger charge is 2.21. The number of aliphatic hydroxyl groups is 1. The number of hydrogen-bond donors (Lipinski definition) is 2. The van der Waals surface area contributed by atoms with Gasteiger partial charge in [-0.3, -0.25) is 19.2 Å². The number of ketones is 2. The van der Waals surface area contributed by atoms with E-state index in [-0.39, 0.29) is 19.4 Å². The molecule has 0 aromatic heterocycles. The van der Waals surface area contributed by atoms with Gasteiger partial charge in [-0.2, -0.15) is 0 Å². The van der Waals surface area contributed by atoms with Crippen molar-refractivity contribution in [2.24, 2.45) is 0 Å². The molecule has 10 heteroatoms. The predicted octanol–water partition coefficient (Wildman–Crippen LogP) is -0.577. The van der Waals surface area contributed by atoms with Crippen molar-refractivity contribution in [2.75, 3.05) is 33.4 Å². The molecule has 0 aliphatic heterocycles. The Morgan fingerprint density at radius 3 is 2.12 bits per heavy atom. The third-order valence-corrected chi connectivity index (χ3v) is 2.89. The van der Waals surface area contributed by atoms with Crippen molar-refractivity contribution in [1.29, 1.82) is 0 Å². The molecule has 2 amide bonds. The van der Waals surface area contributed by atoms with Crippen LogP contribution in [-0.2, 0) is 28.7 Å². The third-order valence-electron chi connectivity index (χ3n) is 2.89. The summed E-state index contributed by atoms with van der Waals surface area (Å²) in [5.74, 6) is -2.43. The van der Waals surface area contributed by atoms with Gasteiger partial charge in [0.15, 0.2) is 11.6 Å². The van der Waals surface area contributed by atoms with Gasteiger partial charge in [0.2, 0.25) is 5.91 Å². The number of alkyl carbamates (subject to hydrolysis) is 1. The van der Waals surface area contributed by atoms with E-state index in [9.17, 15) is 24.0 Å². The highest BCUT2D eigenvalue weighted by atomic mass is 16.6. The number of ether oxygens (including phenoxy) is 2. The van der Waals surface area contributed by atoms with Gasteiger partial charge in [0.1, 0.15) is 18.8 Å². The van der Waals surface area contributed by atoms with E-state index in [1.165, 1.54) is 0 Å². The van der Waals surface area contributed by atoms with Crippen molar-refractivity contribution in [3.63, 3.8) is 0 Å². The van der Waals surface area contributed by atoms with E-state index < -0.39 is 54.8 Å². The summed E-state index contributed by atoms with van der Waals surface area (Å²) in [5.41, 5.74) is -0.698. The molecule has 0 aromatic rings. The molecular formula is C16H26N2O8. The predicted molar refractivity (Wildman–Crippen MR) is 89.2 cm³/mol. The molecule has 0 aliphatic rings. The summed E-state index contributed by atoms with van der Waals surface area (Å²) in [6.45, 7) is 3.02.